The molecule has 0 atom stereocenters. The number of hydrogen-bond donors (Lipinski definition) is 0. The van der Waals surface area contributed by atoms with Crippen LogP contribution in [0.4, 0.5) is 5.69 Å². The Hall–Kier alpha value is -1.91. The van der Waals surface area contributed by atoms with E-state index in [4.69, 9.17) is 4.74 Å². The predicted octanol–water partition coefficient (Wildman–Crippen LogP) is 2.04. The standard InChI is InChI=1S/C11H13NO4/c1-8-6-10(12(14)15)11(16-2)7-9(8)4-3-5-13/h5-7H,3-4H2,1-2H3. The van der Waals surface area contributed by atoms with Gasteiger partial charge in [0.1, 0.15) is 6.29 Å². The third-order valence-corrected chi connectivity index (χ3v) is 2.37. The number of carbonyl (C=O) groups is 1. The second kappa shape index (κ2) is 5.25. The number of ether oxygens (including phenoxy) is 1. The van der Waals surface area contributed by atoms with Crippen LogP contribution in [0, 0.1) is 17.0 Å². The molecule has 0 aliphatic heterocycles. The van der Waals surface area contributed by atoms with Crippen LogP contribution >= 0.6 is 0 Å². The Morgan fingerprint density at radius 2 is 2.19 bits per heavy atom. The molecule has 0 aliphatic rings. The molecule has 5 heteroatoms. The number of methoxy groups -OCH3 is 1. The van der Waals surface area contributed by atoms with Crippen molar-refractivity contribution in [1.29, 1.82) is 0 Å². The number of benzene rings is 1. The summed E-state index contributed by atoms with van der Waals surface area (Å²) in [4.78, 5) is 20.5. The second-order valence-corrected chi connectivity index (χ2v) is 3.41. The summed E-state index contributed by atoms with van der Waals surface area (Å²) in [6.45, 7) is 1.78. The zero-order chi connectivity index (χ0) is 12.1. The number of nitro benzene ring substituents is 1. The monoisotopic (exact) mass is 223 g/mol. The molecule has 5 nitrogen and oxygen atoms in total. The number of nitrogens with zero attached hydrogens (tertiary/aromatic N) is 1. The van der Waals surface area contributed by atoms with Gasteiger partial charge in [0.05, 0.1) is 12.0 Å². The van der Waals surface area contributed by atoms with Crippen LogP contribution in [0.3, 0.4) is 0 Å². The Bertz CT molecular complexity index is 415. The van der Waals surface area contributed by atoms with E-state index < -0.39 is 4.92 Å². The summed E-state index contributed by atoms with van der Waals surface area (Å²) in [5.41, 5.74) is 1.65. The molecule has 0 saturated heterocycles. The van der Waals surface area contributed by atoms with E-state index in [9.17, 15) is 14.9 Å². The molecule has 16 heavy (non-hydrogen) atoms. The summed E-state index contributed by atoms with van der Waals surface area (Å²) in [6.07, 6.45) is 1.80. The average molecular weight is 223 g/mol. The van der Waals surface area contributed by atoms with E-state index in [1.807, 2.05) is 0 Å². The van der Waals surface area contributed by atoms with Gasteiger partial charge in [-0.2, -0.15) is 0 Å². The zero-order valence-corrected chi connectivity index (χ0v) is 9.23. The number of carbonyl (C=O) groups excluding carboxylic acids is 1. The first kappa shape index (κ1) is 12.2. The van der Waals surface area contributed by atoms with Crippen LogP contribution in [0.5, 0.6) is 5.75 Å². The van der Waals surface area contributed by atoms with Gasteiger partial charge in [0.2, 0.25) is 0 Å². The Morgan fingerprint density at radius 3 is 2.69 bits per heavy atom. The van der Waals surface area contributed by atoms with Gasteiger partial charge >= 0.3 is 5.69 Å². The Morgan fingerprint density at radius 1 is 1.50 bits per heavy atom. The molecule has 86 valence electrons. The summed E-state index contributed by atoms with van der Waals surface area (Å²) in [6, 6.07) is 3.09. The highest BCUT2D eigenvalue weighted by molar-refractivity contribution is 5.54. The number of aryl methyl sites for hydroxylation is 2. The summed E-state index contributed by atoms with van der Waals surface area (Å²) >= 11 is 0. The van der Waals surface area contributed by atoms with E-state index in [2.05, 4.69) is 0 Å². The Labute approximate surface area is 93.2 Å². The SMILES string of the molecule is COc1cc(CCC=O)c(C)cc1[N+](=O)[O-]. The molecule has 0 N–H and O–H groups in total. The van der Waals surface area contributed by atoms with Crippen molar-refractivity contribution >= 4 is 12.0 Å². The molecule has 1 aromatic rings. The third kappa shape index (κ3) is 2.56. The molecular formula is C11H13NO4. The van der Waals surface area contributed by atoms with Gasteiger partial charge in [-0.25, -0.2) is 0 Å². The molecule has 0 bridgehead atoms. The van der Waals surface area contributed by atoms with Crippen molar-refractivity contribution in [2.75, 3.05) is 7.11 Å². The molecule has 0 aliphatic carbocycles. The van der Waals surface area contributed by atoms with Crippen molar-refractivity contribution in [3.8, 4) is 5.75 Å². The van der Waals surface area contributed by atoms with E-state index in [1.165, 1.54) is 13.2 Å². The molecular weight excluding hydrogens is 210 g/mol. The molecule has 0 spiro atoms. The topological polar surface area (TPSA) is 69.4 Å². The van der Waals surface area contributed by atoms with Gasteiger partial charge in [-0.3, -0.25) is 10.1 Å². The van der Waals surface area contributed by atoms with Crippen LogP contribution in [0.1, 0.15) is 17.5 Å². The second-order valence-electron chi connectivity index (χ2n) is 3.41. The molecule has 1 rings (SSSR count). The number of nitro groups is 1. The van der Waals surface area contributed by atoms with Crippen molar-refractivity contribution in [3.05, 3.63) is 33.4 Å². The number of aldehydes is 1. The van der Waals surface area contributed by atoms with Gasteiger partial charge in [-0.05, 0) is 30.5 Å². The minimum Gasteiger partial charge on any atom is -0.490 e. The summed E-state index contributed by atoms with van der Waals surface area (Å²) < 4.78 is 4.95. The van der Waals surface area contributed by atoms with Crippen LogP contribution in [-0.4, -0.2) is 18.3 Å². The Kier molecular flexibility index (Phi) is 3.99. The summed E-state index contributed by atoms with van der Waals surface area (Å²) in [5, 5.41) is 10.7. The fraction of sp³-hybridized carbons (Fsp3) is 0.364. The molecule has 1 aromatic carbocycles. The van der Waals surface area contributed by atoms with Crippen molar-refractivity contribution in [1.82, 2.24) is 0 Å². The smallest absolute Gasteiger partial charge is 0.311 e. The normalized spacial score (nSPS) is 9.88. The van der Waals surface area contributed by atoms with E-state index in [0.717, 1.165) is 17.4 Å². The first-order chi connectivity index (χ1) is 7.60. The minimum absolute atomic E-state index is 0.0464. The maximum atomic E-state index is 10.7. The van der Waals surface area contributed by atoms with Gasteiger partial charge in [0.25, 0.3) is 0 Å². The van der Waals surface area contributed by atoms with Crippen LogP contribution < -0.4 is 4.74 Å². The lowest BCUT2D eigenvalue weighted by molar-refractivity contribution is -0.385. The van der Waals surface area contributed by atoms with Crippen molar-refractivity contribution in [2.45, 2.75) is 19.8 Å². The van der Waals surface area contributed by atoms with Crippen molar-refractivity contribution < 1.29 is 14.5 Å². The fourth-order valence-corrected chi connectivity index (χ4v) is 1.50. The summed E-state index contributed by atoms with van der Waals surface area (Å²) in [7, 11) is 1.39. The first-order valence-electron chi connectivity index (χ1n) is 4.85. The quantitative estimate of drug-likeness (QED) is 0.435. The van der Waals surface area contributed by atoms with Gasteiger partial charge in [-0.15, -0.1) is 0 Å². The van der Waals surface area contributed by atoms with Crippen LogP contribution in [0.25, 0.3) is 0 Å². The lowest BCUT2D eigenvalue weighted by Crippen LogP contribution is -1.98. The molecule has 0 amide bonds. The fourth-order valence-electron chi connectivity index (χ4n) is 1.50. The number of rotatable bonds is 5. The summed E-state index contributed by atoms with van der Waals surface area (Å²) in [5.74, 6) is 0.233. The van der Waals surface area contributed by atoms with E-state index in [1.54, 1.807) is 13.0 Å². The van der Waals surface area contributed by atoms with Gasteiger partial charge < -0.3 is 9.53 Å². The van der Waals surface area contributed by atoms with Gasteiger partial charge in [-0.1, -0.05) is 0 Å². The van der Waals surface area contributed by atoms with Gasteiger partial charge in [0.15, 0.2) is 5.75 Å². The predicted molar refractivity (Wildman–Crippen MR) is 58.8 cm³/mol. The maximum absolute atomic E-state index is 10.7. The van der Waals surface area contributed by atoms with Crippen LogP contribution in [-0.2, 0) is 11.2 Å². The molecule has 0 saturated carbocycles. The largest absolute Gasteiger partial charge is 0.490 e. The van der Waals surface area contributed by atoms with Crippen molar-refractivity contribution in [3.63, 3.8) is 0 Å². The van der Waals surface area contributed by atoms with Gasteiger partial charge in [0, 0.05) is 12.5 Å². The molecule has 0 radical (unpaired) electrons. The minimum atomic E-state index is -0.477. The Balaban J connectivity index is 3.14. The molecule has 0 unspecified atom stereocenters. The highest BCUT2D eigenvalue weighted by Gasteiger charge is 2.16. The zero-order valence-electron chi connectivity index (χ0n) is 9.23. The lowest BCUT2D eigenvalue weighted by atomic mass is 10.0. The molecule has 0 fully saturated rings. The molecule has 0 aromatic heterocycles. The van der Waals surface area contributed by atoms with E-state index in [-0.39, 0.29) is 11.4 Å². The first-order valence-corrected chi connectivity index (χ1v) is 4.85. The van der Waals surface area contributed by atoms with Crippen LogP contribution in [0.2, 0.25) is 0 Å². The highest BCUT2D eigenvalue weighted by atomic mass is 16.6. The lowest BCUT2D eigenvalue weighted by Gasteiger charge is -2.07. The maximum Gasteiger partial charge on any atom is 0.311 e. The average Bonchev–Trinajstić information content (AvgIpc) is 2.26. The third-order valence-electron chi connectivity index (χ3n) is 2.37. The highest BCUT2D eigenvalue weighted by Crippen LogP contribution is 2.30. The van der Waals surface area contributed by atoms with Crippen LogP contribution in [0.15, 0.2) is 12.1 Å². The van der Waals surface area contributed by atoms with E-state index in [0.29, 0.717) is 12.8 Å². The molecule has 0 heterocycles. The number of hydrogen-bond acceptors (Lipinski definition) is 4. The van der Waals surface area contributed by atoms with E-state index >= 15 is 0 Å². The van der Waals surface area contributed by atoms with Crippen molar-refractivity contribution in [2.24, 2.45) is 0 Å².